The predicted molar refractivity (Wildman–Crippen MR) is 60.3 cm³/mol. The van der Waals surface area contributed by atoms with Gasteiger partial charge in [-0.2, -0.15) is 0 Å². The van der Waals surface area contributed by atoms with Crippen molar-refractivity contribution in [1.29, 1.82) is 0 Å². The summed E-state index contributed by atoms with van der Waals surface area (Å²) in [6.45, 7) is 8.17. The third-order valence-electron chi connectivity index (χ3n) is 1.42. The number of rotatable bonds is 7. The monoisotopic (exact) mass is 253 g/mol. The molecule has 0 heterocycles. The minimum Gasteiger partial charge on any atom is -0.480 e. The van der Waals surface area contributed by atoms with E-state index in [9.17, 15) is 9.36 Å². The molecular formula is C9H20NO5P. The van der Waals surface area contributed by atoms with Crippen LogP contribution in [0.3, 0.4) is 0 Å². The maximum absolute atomic E-state index is 12.1. The highest BCUT2D eigenvalue weighted by molar-refractivity contribution is 7.51. The summed E-state index contributed by atoms with van der Waals surface area (Å²) < 4.78 is 22.4. The van der Waals surface area contributed by atoms with Gasteiger partial charge in [0.1, 0.15) is 6.04 Å². The van der Waals surface area contributed by atoms with Crippen molar-refractivity contribution in [3.8, 4) is 0 Å². The highest BCUT2D eigenvalue weighted by atomic mass is 31.2. The Labute approximate surface area is 95.9 Å². The van der Waals surface area contributed by atoms with Crippen LogP contribution < -0.4 is 5.09 Å². The number of hydrogen-bond acceptors (Lipinski definition) is 4. The van der Waals surface area contributed by atoms with Crippen LogP contribution in [0.25, 0.3) is 0 Å². The van der Waals surface area contributed by atoms with Crippen LogP contribution in [0.4, 0.5) is 0 Å². The Morgan fingerprint density at radius 3 is 1.75 bits per heavy atom. The summed E-state index contributed by atoms with van der Waals surface area (Å²) in [4.78, 5) is 10.7. The average Bonchev–Trinajstić information content (AvgIpc) is 1.98. The lowest BCUT2D eigenvalue weighted by atomic mass is 10.4. The van der Waals surface area contributed by atoms with E-state index < -0.39 is 19.8 Å². The van der Waals surface area contributed by atoms with Gasteiger partial charge in [0, 0.05) is 0 Å². The fourth-order valence-corrected chi connectivity index (χ4v) is 2.80. The van der Waals surface area contributed by atoms with E-state index in [0.717, 1.165) is 0 Å². The minimum absolute atomic E-state index is 0.321. The smallest absolute Gasteiger partial charge is 0.406 e. The van der Waals surface area contributed by atoms with Gasteiger partial charge in [-0.25, -0.2) is 9.65 Å². The SMILES string of the molecule is CC(C)OP(=O)(NC(C)C(=O)O)OC(C)C. The maximum Gasteiger partial charge on any atom is 0.406 e. The molecule has 6 nitrogen and oxygen atoms in total. The van der Waals surface area contributed by atoms with Crippen molar-refractivity contribution in [3.05, 3.63) is 0 Å². The Morgan fingerprint density at radius 1 is 1.12 bits per heavy atom. The number of aliphatic carboxylic acids is 1. The van der Waals surface area contributed by atoms with E-state index in [0.29, 0.717) is 0 Å². The van der Waals surface area contributed by atoms with E-state index in [-0.39, 0.29) is 12.2 Å². The summed E-state index contributed by atoms with van der Waals surface area (Å²) in [6, 6.07) is -0.997. The Bertz CT molecular complexity index is 265. The van der Waals surface area contributed by atoms with Crippen LogP contribution in [0.15, 0.2) is 0 Å². The van der Waals surface area contributed by atoms with Gasteiger partial charge in [-0.15, -0.1) is 0 Å². The predicted octanol–water partition coefficient (Wildman–Crippen LogP) is 2.01. The van der Waals surface area contributed by atoms with Crippen molar-refractivity contribution in [2.24, 2.45) is 0 Å². The molecule has 0 saturated heterocycles. The largest absolute Gasteiger partial charge is 0.480 e. The zero-order valence-corrected chi connectivity index (χ0v) is 11.2. The molecule has 16 heavy (non-hydrogen) atoms. The molecule has 0 aliphatic rings. The third kappa shape index (κ3) is 6.23. The molecule has 0 rings (SSSR count). The summed E-state index contributed by atoms with van der Waals surface area (Å²) in [6.07, 6.45) is -0.642. The van der Waals surface area contributed by atoms with Crippen molar-refractivity contribution in [1.82, 2.24) is 5.09 Å². The van der Waals surface area contributed by atoms with E-state index >= 15 is 0 Å². The van der Waals surface area contributed by atoms with E-state index in [1.807, 2.05) is 0 Å². The van der Waals surface area contributed by atoms with Gasteiger partial charge in [0.05, 0.1) is 12.2 Å². The fraction of sp³-hybridized carbons (Fsp3) is 0.889. The Hall–Kier alpha value is -0.420. The zero-order chi connectivity index (χ0) is 12.9. The van der Waals surface area contributed by atoms with Crippen LogP contribution in [0.1, 0.15) is 34.6 Å². The summed E-state index contributed by atoms with van der Waals surface area (Å²) in [5.74, 6) is -1.11. The normalized spacial score (nSPS) is 14.4. The molecule has 0 aliphatic carbocycles. The van der Waals surface area contributed by atoms with Gasteiger partial charge in [-0.3, -0.25) is 13.8 Å². The van der Waals surface area contributed by atoms with E-state index in [4.69, 9.17) is 14.2 Å². The van der Waals surface area contributed by atoms with Gasteiger partial charge in [0.15, 0.2) is 0 Å². The molecule has 1 unspecified atom stereocenters. The van der Waals surface area contributed by atoms with Gasteiger partial charge >= 0.3 is 13.7 Å². The van der Waals surface area contributed by atoms with Crippen LogP contribution in [0.2, 0.25) is 0 Å². The molecule has 96 valence electrons. The first kappa shape index (κ1) is 15.6. The van der Waals surface area contributed by atoms with Crippen molar-refractivity contribution < 1.29 is 23.5 Å². The van der Waals surface area contributed by atoms with E-state index in [2.05, 4.69) is 5.09 Å². The zero-order valence-electron chi connectivity index (χ0n) is 10.3. The first-order chi connectivity index (χ1) is 7.16. The standard InChI is InChI=1S/C9H20NO5P/c1-6(2)14-16(13,15-7(3)4)10-8(5)9(11)12/h6-8H,1-5H3,(H,10,13)(H,11,12). The van der Waals surface area contributed by atoms with Crippen LogP contribution >= 0.6 is 7.75 Å². The molecule has 0 spiro atoms. The number of hydrogen-bond donors (Lipinski definition) is 2. The summed E-state index contributed by atoms with van der Waals surface area (Å²) >= 11 is 0. The lowest BCUT2D eigenvalue weighted by Gasteiger charge is -2.24. The number of carboxylic acid groups (broad SMARTS) is 1. The lowest BCUT2D eigenvalue weighted by molar-refractivity contribution is -0.138. The molecule has 0 amide bonds. The molecule has 0 saturated carbocycles. The molecule has 2 N–H and O–H groups in total. The highest BCUT2D eigenvalue weighted by Gasteiger charge is 2.31. The Balaban J connectivity index is 4.66. The Kier molecular flexibility index (Phi) is 6.18. The van der Waals surface area contributed by atoms with Gasteiger partial charge in [-0.05, 0) is 34.6 Å². The molecule has 0 bridgehead atoms. The summed E-state index contributed by atoms with van der Waals surface area (Å²) in [7, 11) is -3.57. The second-order valence-corrected chi connectivity index (χ2v) is 5.67. The molecule has 7 heteroatoms. The molecular weight excluding hydrogens is 233 g/mol. The molecule has 0 radical (unpaired) electrons. The first-order valence-corrected chi connectivity index (χ1v) is 6.68. The van der Waals surface area contributed by atoms with E-state index in [1.54, 1.807) is 27.7 Å². The van der Waals surface area contributed by atoms with Gasteiger partial charge in [0.25, 0.3) is 0 Å². The highest BCUT2D eigenvalue weighted by Crippen LogP contribution is 2.46. The molecule has 0 aliphatic heterocycles. The second kappa shape index (κ2) is 6.35. The molecule has 0 fully saturated rings. The van der Waals surface area contributed by atoms with Gasteiger partial charge in [-0.1, -0.05) is 0 Å². The minimum atomic E-state index is -3.57. The van der Waals surface area contributed by atoms with Crippen molar-refractivity contribution in [2.45, 2.75) is 52.9 Å². The topological polar surface area (TPSA) is 84.9 Å². The van der Waals surface area contributed by atoms with Crippen LogP contribution in [-0.2, 0) is 18.4 Å². The van der Waals surface area contributed by atoms with Crippen LogP contribution in [0.5, 0.6) is 0 Å². The summed E-state index contributed by atoms with van der Waals surface area (Å²) in [5, 5.41) is 11.1. The third-order valence-corrected chi connectivity index (χ3v) is 3.52. The van der Waals surface area contributed by atoms with Crippen LogP contribution in [0, 0.1) is 0 Å². The van der Waals surface area contributed by atoms with E-state index in [1.165, 1.54) is 6.92 Å². The second-order valence-electron chi connectivity index (χ2n) is 3.99. The average molecular weight is 253 g/mol. The van der Waals surface area contributed by atoms with Gasteiger partial charge < -0.3 is 5.11 Å². The van der Waals surface area contributed by atoms with Gasteiger partial charge in [0.2, 0.25) is 0 Å². The lowest BCUT2D eigenvalue weighted by Crippen LogP contribution is -2.33. The quantitative estimate of drug-likeness (QED) is 0.675. The first-order valence-electron chi connectivity index (χ1n) is 5.13. The number of carboxylic acids is 1. The molecule has 0 aromatic rings. The van der Waals surface area contributed by atoms with Crippen molar-refractivity contribution in [3.63, 3.8) is 0 Å². The number of carbonyl (C=O) groups is 1. The molecule has 0 aromatic heterocycles. The fourth-order valence-electron chi connectivity index (χ4n) is 0.933. The maximum atomic E-state index is 12.1. The molecule has 0 aromatic carbocycles. The van der Waals surface area contributed by atoms with Crippen LogP contribution in [-0.4, -0.2) is 29.3 Å². The number of nitrogens with one attached hydrogen (secondary N) is 1. The van der Waals surface area contributed by atoms with Crippen molar-refractivity contribution >= 4 is 13.7 Å². The van der Waals surface area contributed by atoms with Crippen molar-refractivity contribution in [2.75, 3.05) is 0 Å². The molecule has 1 atom stereocenters. The Morgan fingerprint density at radius 2 is 1.50 bits per heavy atom. The summed E-state index contributed by atoms with van der Waals surface area (Å²) in [5.41, 5.74) is 0.